The van der Waals surface area contributed by atoms with Gasteiger partial charge in [-0.2, -0.15) is 0 Å². The SMILES string of the molecule is COC(=O)Nc1ccc2c(NC(=O)C[N+]3(C)CCN(C)CC3)cccc2c1O. The van der Waals surface area contributed by atoms with Crippen LogP contribution in [0.1, 0.15) is 0 Å². The van der Waals surface area contributed by atoms with Crippen LogP contribution >= 0.6 is 0 Å². The van der Waals surface area contributed by atoms with Crippen LogP contribution in [0, 0.1) is 0 Å². The van der Waals surface area contributed by atoms with Crippen LogP contribution < -0.4 is 10.6 Å². The summed E-state index contributed by atoms with van der Waals surface area (Å²) in [6, 6.07) is 8.63. The van der Waals surface area contributed by atoms with Crippen molar-refractivity contribution in [3.05, 3.63) is 30.3 Å². The highest BCUT2D eigenvalue weighted by molar-refractivity contribution is 6.06. The molecule has 8 heteroatoms. The van der Waals surface area contributed by atoms with Crippen molar-refractivity contribution in [2.24, 2.45) is 0 Å². The number of quaternary nitrogens is 1. The summed E-state index contributed by atoms with van der Waals surface area (Å²) in [5, 5.41) is 17.2. The number of ether oxygens (including phenoxy) is 1. The highest BCUT2D eigenvalue weighted by atomic mass is 16.5. The number of nitrogens with zero attached hydrogens (tertiary/aromatic N) is 2. The van der Waals surface area contributed by atoms with Gasteiger partial charge in [0.1, 0.15) is 5.75 Å². The number of nitrogens with one attached hydrogen (secondary N) is 2. The number of likely N-dealkylation sites (N-methyl/N-ethyl adjacent to an activating group) is 2. The number of phenolic OH excluding ortho intramolecular Hbond substituents is 1. The maximum atomic E-state index is 12.7. The summed E-state index contributed by atoms with van der Waals surface area (Å²) in [7, 11) is 5.45. The standard InChI is InChI=1S/C20H26N4O4/c1-23-9-11-24(2,12-10-23)13-18(25)21-16-6-4-5-15-14(16)7-8-17(19(15)26)22-20(27)28-3/h4-8H,9-13H2,1-3H3,(H2-,21,22,25,26,27)/p+1. The lowest BCUT2D eigenvalue weighted by molar-refractivity contribution is -0.905. The van der Waals surface area contributed by atoms with Gasteiger partial charge in [0, 0.05) is 29.5 Å². The lowest BCUT2D eigenvalue weighted by Crippen LogP contribution is -2.58. The molecular weight excluding hydrogens is 360 g/mol. The van der Waals surface area contributed by atoms with Crippen molar-refractivity contribution in [3.63, 3.8) is 0 Å². The van der Waals surface area contributed by atoms with E-state index in [0.29, 0.717) is 27.5 Å². The molecule has 1 aliphatic heterocycles. The zero-order valence-corrected chi connectivity index (χ0v) is 16.5. The molecule has 0 spiro atoms. The second-order valence-electron chi connectivity index (χ2n) is 7.56. The molecule has 1 aliphatic rings. The Morgan fingerprint density at radius 1 is 1.11 bits per heavy atom. The van der Waals surface area contributed by atoms with Gasteiger partial charge in [-0.3, -0.25) is 15.0 Å². The molecule has 1 heterocycles. The highest BCUT2D eigenvalue weighted by Gasteiger charge is 2.29. The molecule has 0 aromatic heterocycles. The molecule has 3 N–H and O–H groups in total. The van der Waals surface area contributed by atoms with Gasteiger partial charge >= 0.3 is 6.09 Å². The molecule has 8 nitrogen and oxygen atoms in total. The third-order valence-corrected chi connectivity index (χ3v) is 5.30. The molecule has 0 bridgehead atoms. The summed E-state index contributed by atoms with van der Waals surface area (Å²) in [4.78, 5) is 26.4. The number of amides is 2. The molecule has 0 radical (unpaired) electrons. The fourth-order valence-corrected chi connectivity index (χ4v) is 3.46. The first-order chi connectivity index (χ1) is 13.3. The van der Waals surface area contributed by atoms with E-state index in [1.54, 1.807) is 30.3 Å². The average molecular weight is 387 g/mol. The number of piperazine rings is 1. The minimum atomic E-state index is -0.664. The second-order valence-corrected chi connectivity index (χ2v) is 7.56. The molecule has 0 aliphatic carbocycles. The van der Waals surface area contributed by atoms with Gasteiger partial charge < -0.3 is 19.6 Å². The van der Waals surface area contributed by atoms with Crippen molar-refractivity contribution in [2.75, 3.05) is 64.6 Å². The van der Waals surface area contributed by atoms with Crippen LogP contribution in [0.3, 0.4) is 0 Å². The van der Waals surface area contributed by atoms with Crippen LogP contribution in [0.25, 0.3) is 10.8 Å². The number of aromatic hydroxyl groups is 1. The van der Waals surface area contributed by atoms with Crippen molar-refractivity contribution < 1.29 is 23.9 Å². The second kappa shape index (κ2) is 8.04. The molecule has 1 saturated heterocycles. The van der Waals surface area contributed by atoms with Gasteiger partial charge in [0.2, 0.25) is 0 Å². The molecule has 1 fully saturated rings. The highest BCUT2D eigenvalue weighted by Crippen LogP contribution is 2.36. The summed E-state index contributed by atoms with van der Waals surface area (Å²) in [6.45, 7) is 4.22. The number of carbonyl (C=O) groups is 2. The minimum absolute atomic E-state index is 0.0594. The summed E-state index contributed by atoms with van der Waals surface area (Å²) in [6.07, 6.45) is -0.664. The van der Waals surface area contributed by atoms with E-state index in [1.807, 2.05) is 0 Å². The quantitative estimate of drug-likeness (QED) is 0.552. The summed E-state index contributed by atoms with van der Waals surface area (Å²) in [5.74, 6) is -0.132. The van der Waals surface area contributed by atoms with Crippen LogP contribution in [-0.2, 0) is 9.53 Å². The van der Waals surface area contributed by atoms with E-state index in [0.717, 1.165) is 26.2 Å². The smallest absolute Gasteiger partial charge is 0.411 e. The molecule has 3 rings (SSSR count). The Morgan fingerprint density at radius 2 is 1.82 bits per heavy atom. The first kappa shape index (κ1) is 19.9. The summed E-state index contributed by atoms with van der Waals surface area (Å²) in [5.41, 5.74) is 0.876. The zero-order chi connectivity index (χ0) is 20.3. The number of carbonyl (C=O) groups excluding carboxylic acids is 2. The van der Waals surface area contributed by atoms with Crippen molar-refractivity contribution in [3.8, 4) is 5.75 Å². The molecule has 0 atom stereocenters. The lowest BCUT2D eigenvalue weighted by atomic mass is 10.1. The number of methoxy groups -OCH3 is 1. The van der Waals surface area contributed by atoms with Gasteiger partial charge in [0.25, 0.3) is 5.91 Å². The van der Waals surface area contributed by atoms with E-state index in [2.05, 4.69) is 34.4 Å². The van der Waals surface area contributed by atoms with Crippen molar-refractivity contribution >= 4 is 34.1 Å². The van der Waals surface area contributed by atoms with Crippen molar-refractivity contribution in [1.82, 2.24) is 4.90 Å². The molecule has 150 valence electrons. The molecule has 28 heavy (non-hydrogen) atoms. The molecule has 2 amide bonds. The van der Waals surface area contributed by atoms with Gasteiger partial charge in [-0.1, -0.05) is 12.1 Å². The number of phenols is 1. The van der Waals surface area contributed by atoms with Crippen LogP contribution in [0.15, 0.2) is 30.3 Å². The molecule has 2 aromatic rings. The topological polar surface area (TPSA) is 90.9 Å². The van der Waals surface area contributed by atoms with Gasteiger partial charge in [-0.25, -0.2) is 4.79 Å². The maximum Gasteiger partial charge on any atom is 0.411 e. The van der Waals surface area contributed by atoms with E-state index in [4.69, 9.17) is 0 Å². The predicted molar refractivity (Wildman–Crippen MR) is 109 cm³/mol. The van der Waals surface area contributed by atoms with Crippen molar-refractivity contribution in [2.45, 2.75) is 0 Å². The van der Waals surface area contributed by atoms with Crippen molar-refractivity contribution in [1.29, 1.82) is 0 Å². The fourth-order valence-electron chi connectivity index (χ4n) is 3.46. The largest absolute Gasteiger partial charge is 0.505 e. The summed E-state index contributed by atoms with van der Waals surface area (Å²) < 4.78 is 5.27. The van der Waals surface area contributed by atoms with Gasteiger partial charge in [-0.15, -0.1) is 0 Å². The van der Waals surface area contributed by atoms with E-state index < -0.39 is 6.09 Å². The number of hydrogen-bond donors (Lipinski definition) is 3. The van der Waals surface area contributed by atoms with E-state index in [-0.39, 0.29) is 17.3 Å². The number of anilines is 2. The van der Waals surface area contributed by atoms with Gasteiger partial charge in [0.05, 0.1) is 32.9 Å². The Kier molecular flexibility index (Phi) is 5.71. The third-order valence-electron chi connectivity index (χ3n) is 5.30. The van der Waals surface area contributed by atoms with E-state index in [9.17, 15) is 14.7 Å². The third kappa shape index (κ3) is 4.35. The number of fused-ring (bicyclic) bond motifs is 1. The lowest BCUT2D eigenvalue weighted by Gasteiger charge is -2.40. The van der Waals surface area contributed by atoms with E-state index >= 15 is 0 Å². The Labute approximate surface area is 164 Å². The fraction of sp³-hybridized carbons (Fsp3) is 0.400. The summed E-state index contributed by atoms with van der Waals surface area (Å²) >= 11 is 0. The first-order valence-electron chi connectivity index (χ1n) is 9.23. The van der Waals surface area contributed by atoms with Crippen LogP contribution in [0.4, 0.5) is 16.2 Å². The van der Waals surface area contributed by atoms with Crippen LogP contribution in [0.2, 0.25) is 0 Å². The normalized spacial score (nSPS) is 16.5. The van der Waals surface area contributed by atoms with Gasteiger partial charge in [-0.05, 0) is 25.2 Å². The monoisotopic (exact) mass is 387 g/mol. The molecule has 0 unspecified atom stereocenters. The number of hydrogen-bond acceptors (Lipinski definition) is 5. The zero-order valence-electron chi connectivity index (χ0n) is 16.5. The van der Waals surface area contributed by atoms with Gasteiger partial charge in [0.15, 0.2) is 6.54 Å². The Bertz CT molecular complexity index is 891. The Balaban J connectivity index is 1.79. The van der Waals surface area contributed by atoms with Crippen LogP contribution in [0.5, 0.6) is 5.75 Å². The first-order valence-corrected chi connectivity index (χ1v) is 9.23. The van der Waals surface area contributed by atoms with Crippen LogP contribution in [-0.4, -0.2) is 80.4 Å². The molecule has 0 saturated carbocycles. The molecular formula is C20H27N4O4+. The molecule has 2 aromatic carbocycles. The Morgan fingerprint density at radius 3 is 2.50 bits per heavy atom. The maximum absolute atomic E-state index is 12.7. The number of rotatable bonds is 4. The minimum Gasteiger partial charge on any atom is -0.505 e. The van der Waals surface area contributed by atoms with E-state index in [1.165, 1.54) is 7.11 Å². The Hall–Kier alpha value is -2.84. The average Bonchev–Trinajstić information content (AvgIpc) is 2.66. The predicted octanol–water partition coefficient (Wildman–Crippen LogP) is 2.05. The number of benzene rings is 2.